The van der Waals surface area contributed by atoms with E-state index < -0.39 is 5.60 Å². The van der Waals surface area contributed by atoms with E-state index in [1.54, 1.807) is 12.3 Å². The lowest BCUT2D eigenvalue weighted by molar-refractivity contribution is -0.0205. The number of nitrogens with zero attached hydrogens (tertiary/aromatic N) is 2. The molecule has 4 heteroatoms. The third kappa shape index (κ3) is 2.11. The van der Waals surface area contributed by atoms with Crippen LogP contribution < -0.4 is 5.73 Å². The average Bonchev–Trinajstić information content (AvgIpc) is 2.24. The molecule has 1 saturated heterocycles. The summed E-state index contributed by atoms with van der Waals surface area (Å²) in [5.74, 6) is 0.496. The number of anilines is 1. The number of rotatable bonds is 1. The summed E-state index contributed by atoms with van der Waals surface area (Å²) in [6.45, 7) is 1.84. The minimum Gasteiger partial charge on any atom is -0.385 e. The quantitative estimate of drug-likeness (QED) is 0.707. The van der Waals surface area contributed by atoms with Crippen molar-refractivity contribution < 1.29 is 5.11 Å². The molecule has 0 amide bonds. The molecule has 0 unspecified atom stereocenters. The second kappa shape index (κ2) is 3.79. The molecule has 1 aromatic heterocycles. The summed E-state index contributed by atoms with van der Waals surface area (Å²) in [6.07, 6.45) is 3.20. The largest absolute Gasteiger partial charge is 0.385 e. The van der Waals surface area contributed by atoms with Crippen molar-refractivity contribution in [1.29, 1.82) is 0 Å². The van der Waals surface area contributed by atoms with Gasteiger partial charge in [-0.15, -0.1) is 0 Å². The fourth-order valence-electron chi connectivity index (χ4n) is 1.96. The molecule has 15 heavy (non-hydrogen) atoms. The SMILES string of the molecule is CN1CCC(O)(c2ccc(N)nc2)CC1. The number of hydrogen-bond donors (Lipinski definition) is 2. The molecule has 3 N–H and O–H groups in total. The van der Waals surface area contributed by atoms with Gasteiger partial charge in [-0.05, 0) is 26.0 Å². The lowest BCUT2D eigenvalue weighted by atomic mass is 9.85. The molecule has 0 bridgehead atoms. The fourth-order valence-corrected chi connectivity index (χ4v) is 1.96. The molecule has 2 heterocycles. The Balaban J connectivity index is 2.18. The molecule has 0 aliphatic carbocycles. The van der Waals surface area contributed by atoms with Gasteiger partial charge in [-0.25, -0.2) is 4.98 Å². The van der Waals surface area contributed by atoms with Crippen LogP contribution in [-0.2, 0) is 5.60 Å². The molecule has 1 aromatic rings. The summed E-state index contributed by atoms with van der Waals surface area (Å²) in [6, 6.07) is 3.61. The van der Waals surface area contributed by atoms with E-state index in [2.05, 4.69) is 16.9 Å². The lowest BCUT2D eigenvalue weighted by Crippen LogP contribution is -2.40. The van der Waals surface area contributed by atoms with Crippen molar-refractivity contribution in [2.24, 2.45) is 0 Å². The van der Waals surface area contributed by atoms with E-state index in [1.807, 2.05) is 6.07 Å². The first kappa shape index (κ1) is 10.4. The van der Waals surface area contributed by atoms with Crippen molar-refractivity contribution in [2.45, 2.75) is 18.4 Å². The summed E-state index contributed by atoms with van der Waals surface area (Å²) >= 11 is 0. The van der Waals surface area contributed by atoms with E-state index >= 15 is 0 Å². The smallest absolute Gasteiger partial charge is 0.123 e. The fraction of sp³-hybridized carbons (Fsp3) is 0.545. The molecule has 82 valence electrons. The first-order chi connectivity index (χ1) is 7.10. The second-order valence-corrected chi connectivity index (χ2v) is 4.31. The van der Waals surface area contributed by atoms with Crippen LogP contribution >= 0.6 is 0 Å². The van der Waals surface area contributed by atoms with E-state index in [9.17, 15) is 5.11 Å². The Morgan fingerprint density at radius 3 is 2.60 bits per heavy atom. The minimum absolute atomic E-state index is 0.496. The number of hydrogen-bond acceptors (Lipinski definition) is 4. The monoisotopic (exact) mass is 207 g/mol. The lowest BCUT2D eigenvalue weighted by Gasteiger charge is -2.36. The summed E-state index contributed by atoms with van der Waals surface area (Å²) < 4.78 is 0. The molecule has 0 saturated carbocycles. The first-order valence-corrected chi connectivity index (χ1v) is 5.23. The third-order valence-corrected chi connectivity index (χ3v) is 3.14. The molecule has 0 radical (unpaired) electrons. The summed E-state index contributed by atoms with van der Waals surface area (Å²) in [5, 5.41) is 10.4. The van der Waals surface area contributed by atoms with Crippen LogP contribution in [0.1, 0.15) is 18.4 Å². The van der Waals surface area contributed by atoms with Gasteiger partial charge in [-0.3, -0.25) is 0 Å². The molecule has 2 rings (SSSR count). The normalized spacial score (nSPS) is 21.5. The highest BCUT2D eigenvalue weighted by atomic mass is 16.3. The highest BCUT2D eigenvalue weighted by molar-refractivity contribution is 5.32. The number of likely N-dealkylation sites (tertiary alicyclic amines) is 1. The van der Waals surface area contributed by atoms with Crippen LogP contribution in [0.2, 0.25) is 0 Å². The van der Waals surface area contributed by atoms with E-state index in [1.165, 1.54) is 0 Å². The van der Waals surface area contributed by atoms with Crippen LogP contribution in [-0.4, -0.2) is 35.1 Å². The van der Waals surface area contributed by atoms with E-state index in [-0.39, 0.29) is 0 Å². The maximum Gasteiger partial charge on any atom is 0.123 e. The molecule has 1 aliphatic rings. The van der Waals surface area contributed by atoms with Crippen LogP contribution in [0.3, 0.4) is 0 Å². The first-order valence-electron chi connectivity index (χ1n) is 5.23. The van der Waals surface area contributed by atoms with Crippen molar-refractivity contribution >= 4 is 5.82 Å². The van der Waals surface area contributed by atoms with Gasteiger partial charge >= 0.3 is 0 Å². The molecule has 1 aliphatic heterocycles. The van der Waals surface area contributed by atoms with Crippen molar-refractivity contribution in [2.75, 3.05) is 25.9 Å². The van der Waals surface area contributed by atoms with Crippen molar-refractivity contribution in [3.63, 3.8) is 0 Å². The van der Waals surface area contributed by atoms with E-state index in [0.29, 0.717) is 5.82 Å². The number of aromatic nitrogens is 1. The van der Waals surface area contributed by atoms with E-state index in [4.69, 9.17) is 5.73 Å². The molecule has 1 fully saturated rings. The van der Waals surface area contributed by atoms with Crippen LogP contribution in [0.4, 0.5) is 5.82 Å². The van der Waals surface area contributed by atoms with Crippen LogP contribution in [0.25, 0.3) is 0 Å². The average molecular weight is 207 g/mol. The molecule has 0 atom stereocenters. The van der Waals surface area contributed by atoms with Gasteiger partial charge in [0.1, 0.15) is 5.82 Å². The summed E-state index contributed by atoms with van der Waals surface area (Å²) in [4.78, 5) is 6.24. The Morgan fingerprint density at radius 2 is 2.07 bits per heavy atom. The number of piperidine rings is 1. The van der Waals surface area contributed by atoms with Gasteiger partial charge in [0.05, 0.1) is 5.60 Å². The van der Waals surface area contributed by atoms with Gasteiger partial charge in [0.25, 0.3) is 0 Å². The highest BCUT2D eigenvalue weighted by Crippen LogP contribution is 2.31. The van der Waals surface area contributed by atoms with Crippen molar-refractivity contribution in [3.8, 4) is 0 Å². The molecular weight excluding hydrogens is 190 g/mol. The summed E-state index contributed by atoms with van der Waals surface area (Å²) in [7, 11) is 2.07. The zero-order chi connectivity index (χ0) is 10.9. The zero-order valence-corrected chi connectivity index (χ0v) is 8.98. The maximum atomic E-state index is 10.4. The van der Waals surface area contributed by atoms with Crippen molar-refractivity contribution in [3.05, 3.63) is 23.9 Å². The maximum absolute atomic E-state index is 10.4. The van der Waals surface area contributed by atoms with Crippen LogP contribution in [0, 0.1) is 0 Å². The predicted molar refractivity (Wildman–Crippen MR) is 59.3 cm³/mol. The number of nitrogen functional groups attached to an aromatic ring is 1. The molecule has 0 spiro atoms. The second-order valence-electron chi connectivity index (χ2n) is 4.31. The number of aliphatic hydroxyl groups is 1. The Bertz CT molecular complexity index is 328. The zero-order valence-electron chi connectivity index (χ0n) is 8.98. The van der Waals surface area contributed by atoms with Gasteiger partial charge in [-0.2, -0.15) is 0 Å². The van der Waals surface area contributed by atoms with Gasteiger partial charge < -0.3 is 15.7 Å². The van der Waals surface area contributed by atoms with E-state index in [0.717, 1.165) is 31.5 Å². The predicted octanol–water partition coefficient (Wildman–Crippen LogP) is 0.577. The topological polar surface area (TPSA) is 62.4 Å². The molecule has 4 nitrogen and oxygen atoms in total. The minimum atomic E-state index is -0.715. The number of nitrogens with two attached hydrogens (primary N) is 1. The summed E-state index contributed by atoms with van der Waals surface area (Å²) in [5.41, 5.74) is 5.68. The molecule has 0 aromatic carbocycles. The van der Waals surface area contributed by atoms with Gasteiger partial charge in [0.15, 0.2) is 0 Å². The van der Waals surface area contributed by atoms with Crippen LogP contribution in [0.5, 0.6) is 0 Å². The van der Waals surface area contributed by atoms with Gasteiger partial charge in [0, 0.05) is 24.8 Å². The highest BCUT2D eigenvalue weighted by Gasteiger charge is 2.32. The Labute approximate surface area is 89.7 Å². The Hall–Kier alpha value is -1.13. The standard InChI is InChI=1S/C11H17N3O/c1-14-6-4-11(15,5-7-14)9-2-3-10(12)13-8-9/h2-3,8,15H,4-7H2,1H3,(H2,12,13). The number of pyridine rings is 1. The Morgan fingerprint density at radius 1 is 1.40 bits per heavy atom. The van der Waals surface area contributed by atoms with Crippen molar-refractivity contribution in [1.82, 2.24) is 9.88 Å². The Kier molecular flexibility index (Phi) is 2.63. The third-order valence-electron chi connectivity index (χ3n) is 3.14. The van der Waals surface area contributed by atoms with Gasteiger partial charge in [-0.1, -0.05) is 6.07 Å². The van der Waals surface area contributed by atoms with Gasteiger partial charge in [0.2, 0.25) is 0 Å². The molecular formula is C11H17N3O. The van der Waals surface area contributed by atoms with Crippen LogP contribution in [0.15, 0.2) is 18.3 Å².